The Balaban J connectivity index is 0.786. The molecule has 17 heteroatoms. The molecule has 6 N–H and O–H groups in total. The molecular weight excluding hydrogens is 809 g/mol. The molecule has 1 aromatic heterocycles. The smallest absolute Gasteiger partial charge is 0.239 e. The summed E-state index contributed by atoms with van der Waals surface area (Å²) in [6.45, 7) is 6.48. The summed E-state index contributed by atoms with van der Waals surface area (Å²) in [6, 6.07) is 0.124. The first-order chi connectivity index (χ1) is 29.8. The molecule has 12 atom stereocenters. The Kier molecular flexibility index (Phi) is 12.4. The van der Waals surface area contributed by atoms with Crippen LogP contribution in [0.2, 0.25) is 0 Å². The highest BCUT2D eigenvalue weighted by atomic mass is 32.2. The highest BCUT2D eigenvalue weighted by Crippen LogP contribution is 2.60. The Morgan fingerprint density at radius 1 is 1.10 bits per heavy atom. The number of fused-ring (bicyclic) bond motifs is 4. The molecule has 1 spiro atoms. The highest BCUT2D eigenvalue weighted by molar-refractivity contribution is 7.83. The molecule has 2 bridgehead atoms. The van der Waals surface area contributed by atoms with E-state index >= 15 is 0 Å². The van der Waals surface area contributed by atoms with Crippen LogP contribution in [-0.2, 0) is 30.8 Å². The number of piperidine rings is 2. The third kappa shape index (κ3) is 7.95. The van der Waals surface area contributed by atoms with Gasteiger partial charge in [-0.3, -0.25) is 25.1 Å². The average Bonchev–Trinajstić information content (AvgIpc) is 3.83. The number of nitrogens with zero attached hydrogens (tertiary/aromatic N) is 7. The molecular formula is C45H68N10O6S. The molecule has 3 saturated carbocycles. The van der Waals surface area contributed by atoms with Gasteiger partial charge in [0, 0.05) is 106 Å². The molecule has 8 aliphatic rings. The molecule has 3 aliphatic heterocycles. The number of aromatic nitrogens is 2. The number of hydrazine groups is 1. The quantitative estimate of drug-likeness (QED) is 0.0786. The fourth-order valence-corrected chi connectivity index (χ4v) is 14.6. The number of likely N-dealkylation sites (tertiary alicyclic amines) is 1. The lowest BCUT2D eigenvalue weighted by Gasteiger charge is -2.49. The third-order valence-electron chi connectivity index (χ3n) is 16.3. The number of hydrogen-bond acceptors (Lipinski definition) is 12. The monoisotopic (exact) mass is 877 g/mol. The zero-order valence-corrected chi connectivity index (χ0v) is 37.5. The standard InChI is InChI=1S/C45H68N10O6S/c1-28-25-52(17-12-35(28)45-14-9-34(37(23-45)51(3)46)40(45)53(27-56)18-13-39(59)47-2)26-29-21-33(7-8-38(29)58)62(61)54-19-10-30(11-20-54)49-43-48-24-36-41(50-43)55(42(60)44(36)15-16-44)31-5-4-6-32(57)22-31/h7-9,14,24,27-35,37-38,40,57-58H,4-6,10-13,15-23,25-26,46H2,1-3H3,(H,47,59)(H,48,49,50)/t28?,29?,31?,32-,33?,34?,35?,37?,38-,40?,45-,62?/m1/s1. The van der Waals surface area contributed by atoms with E-state index in [1.807, 2.05) is 35.2 Å². The zero-order chi connectivity index (χ0) is 43.5. The van der Waals surface area contributed by atoms with Gasteiger partial charge in [0.05, 0.1) is 22.9 Å². The van der Waals surface area contributed by atoms with Gasteiger partial charge in [-0.15, -0.1) is 0 Å². The van der Waals surface area contributed by atoms with Crippen molar-refractivity contribution in [1.29, 1.82) is 0 Å². The first-order valence-corrected chi connectivity index (χ1v) is 24.5. The summed E-state index contributed by atoms with van der Waals surface area (Å²) < 4.78 is 16.2. The van der Waals surface area contributed by atoms with Crippen LogP contribution in [0.4, 0.5) is 11.8 Å². The van der Waals surface area contributed by atoms with Crippen molar-refractivity contribution in [2.24, 2.45) is 34.9 Å². The van der Waals surface area contributed by atoms with Gasteiger partial charge in [0.15, 0.2) is 0 Å². The number of aliphatic hydroxyl groups is 2. The fourth-order valence-electron chi connectivity index (χ4n) is 13.0. The van der Waals surface area contributed by atoms with E-state index in [1.165, 1.54) is 0 Å². The maximum absolute atomic E-state index is 14.1. The summed E-state index contributed by atoms with van der Waals surface area (Å²) in [7, 11) is 2.29. The van der Waals surface area contributed by atoms with Crippen molar-refractivity contribution in [3.8, 4) is 0 Å². The number of amides is 3. The molecule has 3 amide bonds. The lowest BCUT2D eigenvalue weighted by Crippen LogP contribution is -2.54. The van der Waals surface area contributed by atoms with E-state index in [4.69, 9.17) is 10.8 Å². The minimum Gasteiger partial charge on any atom is -0.393 e. The molecule has 4 heterocycles. The van der Waals surface area contributed by atoms with Crippen molar-refractivity contribution in [3.63, 3.8) is 0 Å². The summed E-state index contributed by atoms with van der Waals surface area (Å²) in [4.78, 5) is 54.3. The van der Waals surface area contributed by atoms with Gasteiger partial charge in [-0.25, -0.2) is 18.5 Å². The van der Waals surface area contributed by atoms with Gasteiger partial charge >= 0.3 is 0 Å². The first-order valence-electron chi connectivity index (χ1n) is 23.3. The van der Waals surface area contributed by atoms with E-state index in [2.05, 4.69) is 43.9 Å². The van der Waals surface area contributed by atoms with Crippen LogP contribution in [0.15, 0.2) is 30.5 Å². The minimum absolute atomic E-state index is 0.0364. The van der Waals surface area contributed by atoms with Crippen LogP contribution in [0, 0.1) is 29.1 Å². The second-order valence-electron chi connectivity index (χ2n) is 20.0. The Morgan fingerprint density at radius 2 is 1.89 bits per heavy atom. The largest absolute Gasteiger partial charge is 0.393 e. The average molecular weight is 877 g/mol. The van der Waals surface area contributed by atoms with Gasteiger partial charge in [0.25, 0.3) is 0 Å². The van der Waals surface area contributed by atoms with Crippen LogP contribution in [0.3, 0.4) is 0 Å². The fraction of sp³-hybridized carbons (Fsp3) is 0.756. The second-order valence-corrected chi connectivity index (χ2v) is 21.7. The van der Waals surface area contributed by atoms with Crippen molar-refractivity contribution < 1.29 is 28.8 Å². The number of hydrogen-bond donors (Lipinski definition) is 5. The van der Waals surface area contributed by atoms with Crippen molar-refractivity contribution >= 4 is 41.0 Å². The summed E-state index contributed by atoms with van der Waals surface area (Å²) >= 11 is 0. The van der Waals surface area contributed by atoms with E-state index in [0.717, 1.165) is 89.4 Å². The number of nitrogens with two attached hydrogens (primary N) is 1. The van der Waals surface area contributed by atoms with Gasteiger partial charge < -0.3 is 30.6 Å². The van der Waals surface area contributed by atoms with E-state index in [9.17, 15) is 28.8 Å². The van der Waals surface area contributed by atoms with Crippen molar-refractivity contribution in [1.82, 2.24) is 34.4 Å². The van der Waals surface area contributed by atoms with Crippen LogP contribution >= 0.6 is 0 Å². The molecule has 2 saturated heterocycles. The van der Waals surface area contributed by atoms with Crippen LogP contribution in [0.1, 0.15) is 89.5 Å². The van der Waals surface area contributed by atoms with Gasteiger partial charge in [-0.2, -0.15) is 4.98 Å². The molecule has 16 nitrogen and oxygen atoms in total. The Labute approximate surface area is 368 Å². The maximum atomic E-state index is 14.1. The van der Waals surface area contributed by atoms with E-state index in [0.29, 0.717) is 56.1 Å². The van der Waals surface area contributed by atoms with E-state index in [1.54, 1.807) is 12.1 Å². The Morgan fingerprint density at radius 3 is 2.58 bits per heavy atom. The zero-order valence-electron chi connectivity index (χ0n) is 36.7. The van der Waals surface area contributed by atoms with Crippen LogP contribution in [-0.4, -0.2) is 157 Å². The second kappa shape index (κ2) is 17.6. The molecule has 9 rings (SSSR count). The Hall–Kier alpha value is -3.32. The molecule has 62 heavy (non-hydrogen) atoms. The number of nitrogens with one attached hydrogen (secondary N) is 2. The predicted octanol–water partition coefficient (Wildman–Crippen LogP) is 1.68. The summed E-state index contributed by atoms with van der Waals surface area (Å²) in [5.41, 5.74) is 0.215. The number of rotatable bonds is 14. The molecule has 5 fully saturated rings. The van der Waals surface area contributed by atoms with Crippen molar-refractivity contribution in [2.45, 2.75) is 131 Å². The van der Waals surface area contributed by atoms with E-state index < -0.39 is 28.6 Å². The van der Waals surface area contributed by atoms with E-state index in [-0.39, 0.29) is 64.9 Å². The SMILES string of the molecule is CNC(=O)CCN(C=O)C1C2C=C[C@]1(C1CCN(CC3CC(S(=O)N4CCC(Nc5ncc6c(n5)N(C5CCC[C@@H](O)C5)C(=O)C65CC5)CC4)C=C[C@H]3O)CC1C)CC2N(C)N. The van der Waals surface area contributed by atoms with Crippen molar-refractivity contribution in [3.05, 3.63) is 36.1 Å². The number of carbonyl (C=O) groups is 3. The van der Waals surface area contributed by atoms with Gasteiger partial charge in [0.2, 0.25) is 24.2 Å². The molecule has 340 valence electrons. The lowest BCUT2D eigenvalue weighted by atomic mass is 9.64. The normalized spacial score (nSPS) is 37.2. The van der Waals surface area contributed by atoms with Crippen molar-refractivity contribution in [2.75, 3.05) is 63.6 Å². The molecule has 1 aromatic rings. The maximum Gasteiger partial charge on any atom is 0.239 e. The van der Waals surface area contributed by atoms with Gasteiger partial charge in [-0.1, -0.05) is 31.2 Å². The Bertz CT molecular complexity index is 1940. The number of anilines is 2. The summed E-state index contributed by atoms with van der Waals surface area (Å²) in [5.74, 6) is 8.38. The van der Waals surface area contributed by atoms with Crippen LogP contribution < -0.4 is 21.4 Å². The predicted molar refractivity (Wildman–Crippen MR) is 236 cm³/mol. The topological polar surface area (TPSA) is 201 Å². The number of carbonyl (C=O) groups excluding carboxylic acids is 3. The minimum atomic E-state index is -1.24. The molecule has 9 unspecified atom stereocenters. The lowest BCUT2D eigenvalue weighted by molar-refractivity contribution is -0.126. The van der Waals surface area contributed by atoms with Crippen LogP contribution in [0.5, 0.6) is 0 Å². The summed E-state index contributed by atoms with van der Waals surface area (Å²) in [6.07, 6.45) is 19.3. The third-order valence-corrected chi connectivity index (χ3v) is 18.1. The highest BCUT2D eigenvalue weighted by Gasteiger charge is 2.63. The first kappa shape index (κ1) is 43.9. The molecule has 5 aliphatic carbocycles. The molecule has 0 radical (unpaired) electrons. The molecule has 0 aromatic carbocycles. The number of aliphatic hydroxyl groups excluding tert-OH is 2. The van der Waals surface area contributed by atoms with Gasteiger partial charge in [-0.05, 0) is 89.0 Å². The summed E-state index contributed by atoms with van der Waals surface area (Å²) in [5, 5.41) is 29.5. The van der Waals surface area contributed by atoms with Gasteiger partial charge in [0.1, 0.15) is 16.8 Å². The van der Waals surface area contributed by atoms with Crippen LogP contribution in [0.25, 0.3) is 0 Å².